The first kappa shape index (κ1) is 15.6. The van der Waals surface area contributed by atoms with E-state index >= 15 is 0 Å². The molecule has 1 atom stereocenters. The van der Waals surface area contributed by atoms with E-state index in [0.717, 1.165) is 19.0 Å². The molecule has 1 aromatic carbocycles. The van der Waals surface area contributed by atoms with Gasteiger partial charge < -0.3 is 5.32 Å². The van der Waals surface area contributed by atoms with Gasteiger partial charge in [-0.2, -0.15) is 13.2 Å². The number of alkyl halides is 3. The molecular formula is C15H18F3N. The third-order valence-electron chi connectivity index (χ3n) is 2.78. The normalized spacial score (nSPS) is 13.0. The molecule has 1 unspecified atom stereocenters. The van der Waals surface area contributed by atoms with Gasteiger partial charge in [-0.25, -0.2) is 0 Å². The Kier molecular flexibility index (Phi) is 5.91. The Bertz CT molecular complexity index is 432. The van der Waals surface area contributed by atoms with Crippen LogP contribution in [0.3, 0.4) is 0 Å². The zero-order valence-electron chi connectivity index (χ0n) is 10.9. The van der Waals surface area contributed by atoms with E-state index in [1.807, 2.05) is 6.92 Å². The third kappa shape index (κ3) is 5.35. The average Bonchev–Trinajstić information content (AvgIpc) is 2.35. The highest BCUT2D eigenvalue weighted by Gasteiger charge is 2.30. The third-order valence-corrected chi connectivity index (χ3v) is 2.78. The molecule has 0 heterocycles. The maximum absolute atomic E-state index is 12.6. The van der Waals surface area contributed by atoms with Crippen molar-refractivity contribution in [1.29, 1.82) is 0 Å². The van der Waals surface area contributed by atoms with E-state index in [2.05, 4.69) is 11.2 Å². The van der Waals surface area contributed by atoms with Gasteiger partial charge >= 0.3 is 6.18 Å². The summed E-state index contributed by atoms with van der Waals surface area (Å²) in [5.41, 5.74) is 0.0404. The van der Waals surface area contributed by atoms with Crippen LogP contribution in [0.2, 0.25) is 0 Å². The van der Waals surface area contributed by atoms with Crippen LogP contribution in [-0.4, -0.2) is 12.6 Å². The van der Waals surface area contributed by atoms with E-state index in [-0.39, 0.29) is 6.04 Å². The van der Waals surface area contributed by atoms with Gasteiger partial charge in [-0.15, -0.1) is 12.3 Å². The van der Waals surface area contributed by atoms with Gasteiger partial charge in [-0.05, 0) is 31.0 Å². The van der Waals surface area contributed by atoms with E-state index in [1.165, 1.54) is 12.1 Å². The minimum Gasteiger partial charge on any atom is -0.313 e. The first-order valence-corrected chi connectivity index (χ1v) is 6.30. The summed E-state index contributed by atoms with van der Waals surface area (Å²) in [6.45, 7) is 2.84. The standard InChI is InChI=1S/C15H18F3N/c1-3-6-14(19-9-4-2)11-12-7-5-8-13(10-12)15(16,17)18/h1,5,7-8,10,14,19H,4,6,9,11H2,2H3. The topological polar surface area (TPSA) is 12.0 Å². The molecule has 0 aliphatic rings. The van der Waals surface area contributed by atoms with Crippen molar-refractivity contribution in [2.75, 3.05) is 6.54 Å². The van der Waals surface area contributed by atoms with Crippen LogP contribution in [0.4, 0.5) is 13.2 Å². The van der Waals surface area contributed by atoms with Gasteiger partial charge in [-0.3, -0.25) is 0 Å². The second kappa shape index (κ2) is 7.20. The highest BCUT2D eigenvalue weighted by Crippen LogP contribution is 2.29. The van der Waals surface area contributed by atoms with Crippen LogP contribution in [0.15, 0.2) is 24.3 Å². The Labute approximate surface area is 112 Å². The predicted octanol–water partition coefficient (Wildman–Crippen LogP) is 3.64. The van der Waals surface area contributed by atoms with Gasteiger partial charge in [0.15, 0.2) is 0 Å². The quantitative estimate of drug-likeness (QED) is 0.777. The van der Waals surface area contributed by atoms with E-state index < -0.39 is 11.7 Å². The Balaban J connectivity index is 2.76. The molecular weight excluding hydrogens is 251 g/mol. The number of benzene rings is 1. The molecule has 104 valence electrons. The molecule has 0 bridgehead atoms. The minimum atomic E-state index is -4.30. The summed E-state index contributed by atoms with van der Waals surface area (Å²) in [5, 5.41) is 3.25. The maximum Gasteiger partial charge on any atom is 0.416 e. The Hall–Kier alpha value is -1.47. The first-order valence-electron chi connectivity index (χ1n) is 6.30. The minimum absolute atomic E-state index is 0.0217. The zero-order chi connectivity index (χ0) is 14.3. The molecule has 0 aliphatic carbocycles. The summed E-state index contributed by atoms with van der Waals surface area (Å²) >= 11 is 0. The van der Waals surface area contributed by atoms with E-state index in [1.54, 1.807) is 6.07 Å². The van der Waals surface area contributed by atoms with Crippen molar-refractivity contribution in [2.24, 2.45) is 0 Å². The summed E-state index contributed by atoms with van der Waals surface area (Å²) in [6.07, 6.45) is 2.97. The number of rotatable bonds is 6. The molecule has 1 N–H and O–H groups in total. The van der Waals surface area contributed by atoms with Gasteiger partial charge in [0.2, 0.25) is 0 Å². The summed E-state index contributed by atoms with van der Waals surface area (Å²) in [7, 11) is 0. The van der Waals surface area contributed by atoms with Crippen molar-refractivity contribution in [3.63, 3.8) is 0 Å². The fourth-order valence-corrected chi connectivity index (χ4v) is 1.87. The molecule has 0 saturated heterocycles. The second-order valence-electron chi connectivity index (χ2n) is 4.46. The molecule has 4 heteroatoms. The number of hydrogen-bond donors (Lipinski definition) is 1. The summed E-state index contributed by atoms with van der Waals surface area (Å²) in [5.74, 6) is 2.56. The fourth-order valence-electron chi connectivity index (χ4n) is 1.87. The van der Waals surface area contributed by atoms with Crippen molar-refractivity contribution in [3.8, 4) is 12.3 Å². The lowest BCUT2D eigenvalue weighted by atomic mass is 10.0. The van der Waals surface area contributed by atoms with Gasteiger partial charge in [-0.1, -0.05) is 25.1 Å². The predicted molar refractivity (Wildman–Crippen MR) is 70.7 cm³/mol. The molecule has 1 rings (SSSR count). The highest BCUT2D eigenvalue weighted by molar-refractivity contribution is 5.26. The van der Waals surface area contributed by atoms with Gasteiger partial charge in [0.05, 0.1) is 5.56 Å². The Morgan fingerprint density at radius 1 is 1.37 bits per heavy atom. The SMILES string of the molecule is C#CCC(Cc1cccc(C(F)(F)F)c1)NCCC. The lowest BCUT2D eigenvalue weighted by Crippen LogP contribution is -2.31. The number of terminal acetylenes is 1. The molecule has 1 nitrogen and oxygen atoms in total. The van der Waals surface area contributed by atoms with Crippen molar-refractivity contribution < 1.29 is 13.2 Å². The number of halogens is 3. The largest absolute Gasteiger partial charge is 0.416 e. The van der Waals surface area contributed by atoms with Crippen LogP contribution >= 0.6 is 0 Å². The van der Waals surface area contributed by atoms with Crippen molar-refractivity contribution in [2.45, 2.75) is 38.4 Å². The monoisotopic (exact) mass is 269 g/mol. The van der Waals surface area contributed by atoms with Gasteiger partial charge in [0.25, 0.3) is 0 Å². The molecule has 0 amide bonds. The molecule has 19 heavy (non-hydrogen) atoms. The summed E-state index contributed by atoms with van der Waals surface area (Å²) in [4.78, 5) is 0. The van der Waals surface area contributed by atoms with Crippen LogP contribution in [0.1, 0.15) is 30.9 Å². The fraction of sp³-hybridized carbons (Fsp3) is 0.467. The lowest BCUT2D eigenvalue weighted by Gasteiger charge is -2.17. The van der Waals surface area contributed by atoms with Crippen LogP contribution in [0, 0.1) is 12.3 Å². The van der Waals surface area contributed by atoms with Crippen molar-refractivity contribution in [1.82, 2.24) is 5.32 Å². The lowest BCUT2D eigenvalue weighted by molar-refractivity contribution is -0.137. The van der Waals surface area contributed by atoms with Crippen molar-refractivity contribution in [3.05, 3.63) is 35.4 Å². The summed E-state index contributed by atoms with van der Waals surface area (Å²) < 4.78 is 37.8. The van der Waals surface area contributed by atoms with Crippen LogP contribution < -0.4 is 5.32 Å². The smallest absolute Gasteiger partial charge is 0.313 e. The van der Waals surface area contributed by atoms with E-state index in [4.69, 9.17) is 6.42 Å². The van der Waals surface area contributed by atoms with Gasteiger partial charge in [0.1, 0.15) is 0 Å². The first-order chi connectivity index (χ1) is 8.97. The van der Waals surface area contributed by atoms with E-state index in [0.29, 0.717) is 18.4 Å². The zero-order valence-corrected chi connectivity index (χ0v) is 10.9. The van der Waals surface area contributed by atoms with E-state index in [9.17, 15) is 13.2 Å². The average molecular weight is 269 g/mol. The molecule has 0 aliphatic heterocycles. The number of hydrogen-bond acceptors (Lipinski definition) is 1. The van der Waals surface area contributed by atoms with Crippen molar-refractivity contribution >= 4 is 0 Å². The molecule has 0 spiro atoms. The Morgan fingerprint density at radius 2 is 2.11 bits per heavy atom. The molecule has 0 aromatic heterocycles. The van der Waals surface area contributed by atoms with Crippen LogP contribution in [0.25, 0.3) is 0 Å². The second-order valence-corrected chi connectivity index (χ2v) is 4.46. The molecule has 0 fully saturated rings. The summed E-state index contributed by atoms with van der Waals surface area (Å²) in [6, 6.07) is 5.43. The molecule has 0 radical (unpaired) electrons. The van der Waals surface area contributed by atoms with Crippen LogP contribution in [-0.2, 0) is 12.6 Å². The molecule has 1 aromatic rings. The van der Waals surface area contributed by atoms with Gasteiger partial charge in [0, 0.05) is 12.5 Å². The number of nitrogens with one attached hydrogen (secondary N) is 1. The highest BCUT2D eigenvalue weighted by atomic mass is 19.4. The maximum atomic E-state index is 12.6. The van der Waals surface area contributed by atoms with Crippen LogP contribution in [0.5, 0.6) is 0 Å². The Morgan fingerprint density at radius 3 is 2.68 bits per heavy atom. The molecule has 0 saturated carbocycles.